The first-order valence-corrected chi connectivity index (χ1v) is 8.87. The molecule has 0 saturated carbocycles. The normalized spacial score (nSPS) is 12.2. The largest absolute Gasteiger partial charge is 0.464 e. The van der Waals surface area contributed by atoms with Crippen LogP contribution in [-0.4, -0.2) is 32.2 Å². The Hall–Kier alpha value is -2.46. The molecule has 3 aromatic rings. The number of esters is 1. The zero-order chi connectivity index (χ0) is 18.8. The van der Waals surface area contributed by atoms with Gasteiger partial charge in [-0.05, 0) is 47.9 Å². The number of nitrogens with zero attached hydrogens (tertiary/aromatic N) is 3. The minimum atomic E-state index is -0.966. The van der Waals surface area contributed by atoms with Crippen LogP contribution in [0.25, 0.3) is 11.4 Å². The Kier molecular flexibility index (Phi) is 5.23. The van der Waals surface area contributed by atoms with Crippen LogP contribution in [0, 0.1) is 16.4 Å². The highest BCUT2D eigenvalue weighted by molar-refractivity contribution is 7.71. The number of hydrogen-bond acceptors (Lipinski definition) is 6. The number of benzene rings is 1. The molecule has 0 fully saturated rings. The van der Waals surface area contributed by atoms with Crippen LogP contribution >= 0.6 is 23.8 Å². The highest BCUT2D eigenvalue weighted by atomic mass is 32.1. The summed E-state index contributed by atoms with van der Waals surface area (Å²) in [7, 11) is 1.25. The number of methoxy groups -OCH3 is 1. The highest BCUT2D eigenvalue weighted by Crippen LogP contribution is 2.31. The van der Waals surface area contributed by atoms with Gasteiger partial charge in [-0.1, -0.05) is 17.5 Å². The third-order valence-electron chi connectivity index (χ3n) is 3.95. The molecule has 1 N–H and O–H groups in total. The van der Waals surface area contributed by atoms with Crippen molar-refractivity contribution in [3.8, 4) is 11.4 Å². The van der Waals surface area contributed by atoms with E-state index < -0.39 is 23.6 Å². The van der Waals surface area contributed by atoms with Crippen molar-refractivity contribution in [1.29, 1.82) is 0 Å². The molecule has 6 nitrogen and oxygen atoms in total. The van der Waals surface area contributed by atoms with Gasteiger partial charge in [0.05, 0.1) is 13.2 Å². The molecule has 26 heavy (non-hydrogen) atoms. The quantitative estimate of drug-likeness (QED) is 0.519. The van der Waals surface area contributed by atoms with Crippen LogP contribution in [0.15, 0.2) is 23.6 Å². The zero-order valence-electron chi connectivity index (χ0n) is 13.8. The summed E-state index contributed by atoms with van der Waals surface area (Å²) in [5, 5.41) is 5.62. The Morgan fingerprint density at radius 1 is 1.42 bits per heavy atom. The summed E-state index contributed by atoms with van der Waals surface area (Å²) in [6.07, 6.45) is 0.482. The van der Waals surface area contributed by atoms with Crippen LogP contribution in [0.3, 0.4) is 0 Å². The average Bonchev–Trinajstić information content (AvgIpc) is 3.26. The van der Waals surface area contributed by atoms with Crippen molar-refractivity contribution in [1.82, 2.24) is 19.1 Å². The molecule has 3 rings (SSSR count). The van der Waals surface area contributed by atoms with Gasteiger partial charge in [0.2, 0.25) is 0 Å². The number of halogens is 2. The van der Waals surface area contributed by atoms with Crippen molar-refractivity contribution in [2.45, 2.75) is 19.4 Å². The number of nitrogens with one attached hydrogen (secondary N) is 1. The molecule has 136 valence electrons. The smallest absolute Gasteiger partial charge is 0.357 e. The van der Waals surface area contributed by atoms with Crippen molar-refractivity contribution >= 4 is 29.7 Å². The molecule has 0 spiro atoms. The van der Waals surface area contributed by atoms with E-state index in [9.17, 15) is 13.6 Å². The van der Waals surface area contributed by atoms with E-state index in [-0.39, 0.29) is 10.5 Å². The maximum absolute atomic E-state index is 13.7. The highest BCUT2D eigenvalue weighted by Gasteiger charge is 2.27. The maximum atomic E-state index is 13.7. The van der Waals surface area contributed by atoms with Gasteiger partial charge >= 0.3 is 5.97 Å². The lowest BCUT2D eigenvalue weighted by atomic mass is 10.0. The second-order valence-electron chi connectivity index (χ2n) is 5.40. The standard InChI is InChI=1S/C16H14F2N4O2S2/c1-3-12(8-4-5-9(17)10(18)6-8)22-14(15(23)24-2)13(19-16(22)25)11-7-26-21-20-11/h4-7,12H,3H2,1-2H3,(H,19,25). The summed E-state index contributed by atoms with van der Waals surface area (Å²) in [5.74, 6) is -2.53. The van der Waals surface area contributed by atoms with E-state index in [1.807, 2.05) is 6.92 Å². The summed E-state index contributed by atoms with van der Waals surface area (Å²) in [5.41, 5.74) is 1.45. The SMILES string of the molecule is CCC(c1ccc(F)c(F)c1)n1c(C(=O)OC)c(-c2csnn2)[nH]c1=S. The van der Waals surface area contributed by atoms with Crippen LogP contribution in [0.2, 0.25) is 0 Å². The van der Waals surface area contributed by atoms with Crippen LogP contribution in [0.5, 0.6) is 0 Å². The Balaban J connectivity index is 2.23. The molecule has 1 aromatic carbocycles. The minimum absolute atomic E-state index is 0.154. The summed E-state index contributed by atoms with van der Waals surface area (Å²) < 4.78 is 37.5. The molecule has 2 aromatic heterocycles. The summed E-state index contributed by atoms with van der Waals surface area (Å²) >= 11 is 6.51. The van der Waals surface area contributed by atoms with Crippen LogP contribution < -0.4 is 0 Å². The van der Waals surface area contributed by atoms with E-state index in [0.29, 0.717) is 23.4 Å². The van der Waals surface area contributed by atoms with E-state index in [2.05, 4.69) is 14.6 Å². The molecule has 0 aliphatic carbocycles. The van der Waals surface area contributed by atoms with Crippen LogP contribution in [-0.2, 0) is 4.74 Å². The van der Waals surface area contributed by atoms with Gasteiger partial charge in [-0.2, -0.15) is 0 Å². The van der Waals surface area contributed by atoms with Gasteiger partial charge in [0.25, 0.3) is 0 Å². The molecule has 1 atom stereocenters. The molecule has 0 aliphatic heterocycles. The molecular formula is C16H14F2N4O2S2. The molecule has 2 heterocycles. The first-order chi connectivity index (χ1) is 12.5. The van der Waals surface area contributed by atoms with Crippen LogP contribution in [0.4, 0.5) is 8.78 Å². The number of imidazole rings is 1. The number of rotatable bonds is 5. The lowest BCUT2D eigenvalue weighted by molar-refractivity contribution is 0.0587. The second-order valence-corrected chi connectivity index (χ2v) is 6.40. The topological polar surface area (TPSA) is 72.8 Å². The predicted octanol–water partition coefficient (Wildman–Crippen LogP) is 4.13. The monoisotopic (exact) mass is 396 g/mol. The first-order valence-electron chi connectivity index (χ1n) is 7.63. The maximum Gasteiger partial charge on any atom is 0.357 e. The number of H-pyrrole nitrogens is 1. The number of hydrogen-bond donors (Lipinski definition) is 1. The van der Waals surface area contributed by atoms with E-state index in [4.69, 9.17) is 17.0 Å². The van der Waals surface area contributed by atoms with Crippen molar-refractivity contribution < 1.29 is 18.3 Å². The van der Waals surface area contributed by atoms with Crippen LogP contribution in [0.1, 0.15) is 35.4 Å². The molecule has 0 radical (unpaired) electrons. The van der Waals surface area contributed by atoms with Gasteiger partial charge in [0.1, 0.15) is 11.4 Å². The first kappa shape index (κ1) is 18.3. The molecule has 0 saturated heterocycles. The van der Waals surface area contributed by atoms with E-state index in [0.717, 1.165) is 23.7 Å². The number of aromatic amines is 1. The van der Waals surface area contributed by atoms with Crippen molar-refractivity contribution in [2.75, 3.05) is 7.11 Å². The number of ether oxygens (including phenoxy) is 1. The Bertz CT molecular complexity index is 998. The predicted molar refractivity (Wildman–Crippen MR) is 94.6 cm³/mol. The fourth-order valence-electron chi connectivity index (χ4n) is 2.79. The van der Waals surface area contributed by atoms with Crippen molar-refractivity contribution in [3.05, 3.63) is 51.2 Å². The fraction of sp³-hybridized carbons (Fsp3) is 0.250. The third kappa shape index (κ3) is 3.17. The Labute approximate surface area is 156 Å². The van der Waals surface area contributed by atoms with E-state index in [1.54, 1.807) is 9.95 Å². The van der Waals surface area contributed by atoms with Gasteiger partial charge in [-0.3, -0.25) is 0 Å². The average molecular weight is 396 g/mol. The Morgan fingerprint density at radius 2 is 2.19 bits per heavy atom. The number of aromatic nitrogens is 4. The minimum Gasteiger partial charge on any atom is -0.464 e. The zero-order valence-corrected chi connectivity index (χ0v) is 15.5. The van der Waals surface area contributed by atoms with Gasteiger partial charge in [-0.25, -0.2) is 13.6 Å². The molecule has 0 aliphatic rings. The molecule has 0 bridgehead atoms. The summed E-state index contributed by atoms with van der Waals surface area (Å²) in [6.45, 7) is 1.85. The second kappa shape index (κ2) is 7.42. The lowest BCUT2D eigenvalue weighted by Crippen LogP contribution is -2.18. The lowest BCUT2D eigenvalue weighted by Gasteiger charge is -2.20. The third-order valence-corrected chi connectivity index (χ3v) is 4.75. The Morgan fingerprint density at radius 3 is 2.77 bits per heavy atom. The van der Waals surface area contributed by atoms with Gasteiger partial charge < -0.3 is 14.3 Å². The molecule has 1 unspecified atom stereocenters. The van der Waals surface area contributed by atoms with Gasteiger partial charge in [0, 0.05) is 5.38 Å². The van der Waals surface area contributed by atoms with Crippen molar-refractivity contribution in [3.63, 3.8) is 0 Å². The van der Waals surface area contributed by atoms with E-state index in [1.165, 1.54) is 13.2 Å². The molecule has 10 heteroatoms. The summed E-state index contributed by atoms with van der Waals surface area (Å²) in [6, 6.07) is 3.12. The van der Waals surface area contributed by atoms with Gasteiger partial charge in [0.15, 0.2) is 22.1 Å². The van der Waals surface area contributed by atoms with E-state index >= 15 is 0 Å². The molecular weight excluding hydrogens is 382 g/mol. The number of carbonyl (C=O) groups excluding carboxylic acids is 1. The summed E-state index contributed by atoms with van der Waals surface area (Å²) in [4.78, 5) is 15.4. The number of carbonyl (C=O) groups is 1. The molecule has 0 amide bonds. The fourth-order valence-corrected chi connectivity index (χ4v) is 3.56. The van der Waals surface area contributed by atoms with Gasteiger partial charge in [-0.15, -0.1) is 5.10 Å². The van der Waals surface area contributed by atoms with Crippen molar-refractivity contribution in [2.24, 2.45) is 0 Å².